The minimum absolute atomic E-state index is 0.118. The van der Waals surface area contributed by atoms with E-state index in [0.29, 0.717) is 19.3 Å². The fourth-order valence-corrected chi connectivity index (χ4v) is 6.21. The van der Waals surface area contributed by atoms with Crippen molar-refractivity contribution in [3.8, 4) is 0 Å². The summed E-state index contributed by atoms with van der Waals surface area (Å²) in [6.45, 7) is 6.37. The highest BCUT2D eigenvalue weighted by atomic mass is 16.6. The Bertz CT molecular complexity index is 1370. The lowest BCUT2D eigenvalue weighted by molar-refractivity contribution is -0.167. The summed E-state index contributed by atoms with van der Waals surface area (Å²) in [4.78, 5) is 37.9. The molecule has 0 rings (SSSR count). The first-order valence-corrected chi connectivity index (χ1v) is 25.1. The zero-order chi connectivity index (χ0) is 45.8. The van der Waals surface area contributed by atoms with Gasteiger partial charge in [0.2, 0.25) is 0 Å². The van der Waals surface area contributed by atoms with Gasteiger partial charge in [0.05, 0.1) is 0 Å². The smallest absolute Gasteiger partial charge is 0.306 e. The molecule has 6 heteroatoms. The maximum atomic E-state index is 12.8. The Morgan fingerprint density at radius 2 is 0.698 bits per heavy atom. The van der Waals surface area contributed by atoms with Gasteiger partial charge in [-0.1, -0.05) is 206 Å². The van der Waals surface area contributed by atoms with E-state index in [4.69, 9.17) is 14.2 Å². The van der Waals surface area contributed by atoms with Crippen LogP contribution in [-0.2, 0) is 28.6 Å². The quantitative estimate of drug-likeness (QED) is 0.0200. The van der Waals surface area contributed by atoms with Gasteiger partial charge in [-0.05, 0) is 96.3 Å². The van der Waals surface area contributed by atoms with Crippen LogP contribution in [0.15, 0.2) is 122 Å². The molecule has 0 aromatic rings. The maximum absolute atomic E-state index is 12.8. The van der Waals surface area contributed by atoms with Gasteiger partial charge in [0, 0.05) is 19.3 Å². The molecule has 0 aliphatic rings. The maximum Gasteiger partial charge on any atom is 0.306 e. The fraction of sp³-hybridized carbons (Fsp3) is 0.596. The predicted molar refractivity (Wildman–Crippen MR) is 269 cm³/mol. The molecule has 0 N–H and O–H groups in total. The summed E-state index contributed by atoms with van der Waals surface area (Å²) in [5, 5.41) is 0. The van der Waals surface area contributed by atoms with Crippen molar-refractivity contribution in [3.63, 3.8) is 0 Å². The monoisotopic (exact) mass is 871 g/mol. The molecule has 0 aromatic heterocycles. The van der Waals surface area contributed by atoms with E-state index in [2.05, 4.69) is 106 Å². The van der Waals surface area contributed by atoms with E-state index in [1.807, 2.05) is 36.5 Å². The molecule has 0 saturated carbocycles. The van der Waals surface area contributed by atoms with Crippen LogP contribution in [0.5, 0.6) is 0 Å². The lowest BCUT2D eigenvalue weighted by atomic mass is 10.1. The Morgan fingerprint density at radius 3 is 1.21 bits per heavy atom. The van der Waals surface area contributed by atoms with Crippen molar-refractivity contribution in [3.05, 3.63) is 122 Å². The minimum atomic E-state index is -0.824. The highest BCUT2D eigenvalue weighted by Gasteiger charge is 2.19. The van der Waals surface area contributed by atoms with Crippen molar-refractivity contribution < 1.29 is 28.6 Å². The molecule has 354 valence electrons. The fourth-order valence-electron chi connectivity index (χ4n) is 6.21. The van der Waals surface area contributed by atoms with Crippen LogP contribution < -0.4 is 0 Å². The van der Waals surface area contributed by atoms with Gasteiger partial charge in [-0.3, -0.25) is 14.4 Å². The van der Waals surface area contributed by atoms with Crippen molar-refractivity contribution in [2.24, 2.45) is 0 Å². The first kappa shape index (κ1) is 58.8. The number of esters is 3. The van der Waals surface area contributed by atoms with E-state index in [0.717, 1.165) is 109 Å². The summed E-state index contributed by atoms with van der Waals surface area (Å²) in [5.41, 5.74) is 0. The van der Waals surface area contributed by atoms with Crippen LogP contribution in [0, 0.1) is 0 Å². The van der Waals surface area contributed by atoms with Crippen molar-refractivity contribution in [2.75, 3.05) is 13.2 Å². The van der Waals surface area contributed by atoms with Gasteiger partial charge in [-0.25, -0.2) is 0 Å². The van der Waals surface area contributed by atoms with Gasteiger partial charge in [-0.15, -0.1) is 0 Å². The van der Waals surface area contributed by atoms with E-state index < -0.39 is 6.10 Å². The van der Waals surface area contributed by atoms with Gasteiger partial charge >= 0.3 is 17.9 Å². The lowest BCUT2D eigenvalue weighted by Gasteiger charge is -2.18. The van der Waals surface area contributed by atoms with E-state index >= 15 is 0 Å². The molecule has 0 saturated heterocycles. The summed E-state index contributed by atoms with van der Waals surface area (Å²) in [5.74, 6) is -1.02. The molecule has 0 aromatic carbocycles. The number of carbonyl (C=O) groups excluding carboxylic acids is 3. The Balaban J connectivity index is 4.54. The highest BCUT2D eigenvalue weighted by Crippen LogP contribution is 2.12. The van der Waals surface area contributed by atoms with Gasteiger partial charge in [0.15, 0.2) is 6.10 Å². The second kappa shape index (κ2) is 50.5. The summed E-state index contributed by atoms with van der Waals surface area (Å²) in [6, 6.07) is 0. The minimum Gasteiger partial charge on any atom is -0.462 e. The number of hydrogen-bond donors (Lipinski definition) is 0. The normalized spacial score (nSPS) is 13.1. The molecule has 0 radical (unpaired) electrons. The number of unbranched alkanes of at least 4 members (excludes halogenated alkanes) is 16. The molecule has 63 heavy (non-hydrogen) atoms. The van der Waals surface area contributed by atoms with Crippen molar-refractivity contribution in [1.82, 2.24) is 0 Å². The zero-order valence-corrected chi connectivity index (χ0v) is 40.3. The van der Waals surface area contributed by atoms with E-state index in [1.165, 1.54) is 44.9 Å². The second-order valence-corrected chi connectivity index (χ2v) is 16.1. The molecule has 0 heterocycles. The molecule has 1 atom stereocenters. The van der Waals surface area contributed by atoms with Gasteiger partial charge < -0.3 is 14.2 Å². The Kier molecular flexibility index (Phi) is 47.1. The molecular formula is C57H90O6. The Morgan fingerprint density at radius 1 is 0.333 bits per heavy atom. The molecule has 0 aliphatic carbocycles. The molecule has 0 spiro atoms. The SMILES string of the molecule is CCC\C=C/C=C\C=C/C=C\C=C/CCCCCCCC(=O)OCC(COC(=O)CCCCCC/C=C\CCCC)OC(=O)CCC/C=C\C/C=C\C/C=C\C/C=C\CCCCC. The molecule has 0 amide bonds. The highest BCUT2D eigenvalue weighted by molar-refractivity contribution is 5.71. The van der Waals surface area contributed by atoms with Gasteiger partial charge in [0.25, 0.3) is 0 Å². The first-order valence-electron chi connectivity index (χ1n) is 25.1. The number of hydrogen-bond acceptors (Lipinski definition) is 6. The van der Waals surface area contributed by atoms with Crippen LogP contribution in [-0.4, -0.2) is 37.2 Å². The van der Waals surface area contributed by atoms with E-state index in [9.17, 15) is 14.4 Å². The standard InChI is InChI=1S/C57H90O6/c1-4-7-10-13-16-19-22-24-26-28-30-31-33-35-38-41-44-47-50-56(59)62-53-54(52-61-55(58)49-46-43-40-37-21-18-15-12-9-6-3)63-57(60)51-48-45-42-39-36-34-32-29-27-25-23-20-17-14-11-8-5-2/h10,13,15-20,22,24-28,30-32,34,39,42,54H,4-9,11-12,14,21,23,29,33,35-38,40-41,43-53H2,1-3H3/b13-10-,18-15-,19-16-,20-17-,24-22-,27-25-,28-26-,31-30-,34-32-,42-39-. The average molecular weight is 871 g/mol. The predicted octanol–water partition coefficient (Wildman–Crippen LogP) is 16.5. The van der Waals surface area contributed by atoms with Crippen LogP contribution in [0.1, 0.15) is 201 Å². The average Bonchev–Trinajstić information content (AvgIpc) is 3.28. The van der Waals surface area contributed by atoms with Crippen LogP contribution in [0.3, 0.4) is 0 Å². The van der Waals surface area contributed by atoms with Gasteiger partial charge in [-0.2, -0.15) is 0 Å². The molecule has 1 unspecified atom stereocenters. The lowest BCUT2D eigenvalue weighted by Crippen LogP contribution is -2.30. The van der Waals surface area contributed by atoms with Crippen LogP contribution >= 0.6 is 0 Å². The number of carbonyl (C=O) groups is 3. The summed E-state index contributed by atoms with van der Waals surface area (Å²) in [6.07, 6.45) is 68.9. The third-order valence-corrected chi connectivity index (χ3v) is 10.0. The first-order chi connectivity index (χ1) is 31.0. The second-order valence-electron chi connectivity index (χ2n) is 16.1. The van der Waals surface area contributed by atoms with E-state index in [-0.39, 0.29) is 37.5 Å². The van der Waals surface area contributed by atoms with Crippen molar-refractivity contribution in [1.29, 1.82) is 0 Å². The van der Waals surface area contributed by atoms with Crippen LogP contribution in [0.2, 0.25) is 0 Å². The van der Waals surface area contributed by atoms with Gasteiger partial charge in [0.1, 0.15) is 13.2 Å². The molecule has 0 aliphatic heterocycles. The summed E-state index contributed by atoms with van der Waals surface area (Å²) in [7, 11) is 0. The summed E-state index contributed by atoms with van der Waals surface area (Å²) >= 11 is 0. The third-order valence-electron chi connectivity index (χ3n) is 10.0. The zero-order valence-electron chi connectivity index (χ0n) is 40.3. The van der Waals surface area contributed by atoms with E-state index in [1.54, 1.807) is 0 Å². The van der Waals surface area contributed by atoms with Crippen molar-refractivity contribution >= 4 is 17.9 Å². The van der Waals surface area contributed by atoms with Crippen LogP contribution in [0.4, 0.5) is 0 Å². The van der Waals surface area contributed by atoms with Crippen LogP contribution in [0.25, 0.3) is 0 Å². The molecular weight excluding hydrogens is 781 g/mol. The summed E-state index contributed by atoms with van der Waals surface area (Å²) < 4.78 is 16.7. The third kappa shape index (κ3) is 48.7. The number of rotatable bonds is 43. The number of allylic oxidation sites excluding steroid dienone is 20. The number of ether oxygens (including phenoxy) is 3. The molecule has 6 nitrogen and oxygen atoms in total. The van der Waals surface area contributed by atoms with Crippen molar-refractivity contribution in [2.45, 2.75) is 207 Å². The Hall–Kier alpha value is -4.19. The molecule has 0 fully saturated rings. The molecule has 0 bridgehead atoms. The Labute approximate surface area is 386 Å². The largest absolute Gasteiger partial charge is 0.462 e. The topological polar surface area (TPSA) is 78.9 Å².